The van der Waals surface area contributed by atoms with Crippen molar-refractivity contribution in [3.8, 4) is 0 Å². The first-order chi connectivity index (χ1) is 15.4. The van der Waals surface area contributed by atoms with Gasteiger partial charge in [0.05, 0.1) is 33.5 Å². The van der Waals surface area contributed by atoms with Crippen molar-refractivity contribution in [2.45, 2.75) is 58.9 Å². The lowest BCUT2D eigenvalue weighted by Gasteiger charge is -2.35. The number of hydrogen-bond donors (Lipinski definition) is 3. The van der Waals surface area contributed by atoms with Crippen LogP contribution in [0.15, 0.2) is 45.0 Å². The number of carbonyl (C=O) groups excluding carboxylic acids is 1. The summed E-state index contributed by atoms with van der Waals surface area (Å²) >= 11 is 0. The number of allylic oxidation sites excluding steroid dienone is 1. The molecule has 2 aliphatic heterocycles. The van der Waals surface area contributed by atoms with E-state index in [2.05, 4.69) is 10.0 Å². The molecular weight excluding hydrogens is 478 g/mol. The van der Waals surface area contributed by atoms with E-state index in [1.807, 2.05) is 34.6 Å². The molecule has 0 saturated heterocycles. The Morgan fingerprint density at radius 3 is 2.38 bits per heavy atom. The first kappa shape index (κ1) is 26.1. The number of benzene rings is 1. The summed E-state index contributed by atoms with van der Waals surface area (Å²) in [7, 11) is -7.66. The molecule has 0 aromatic heterocycles. The van der Waals surface area contributed by atoms with Gasteiger partial charge in [0, 0.05) is 12.2 Å². The van der Waals surface area contributed by atoms with Gasteiger partial charge in [0.2, 0.25) is 19.9 Å². The zero-order chi connectivity index (χ0) is 25.8. The molecule has 2 heterocycles. The number of rotatable bonds is 6. The van der Waals surface area contributed by atoms with Gasteiger partial charge >= 0.3 is 0 Å². The Balaban J connectivity index is 2.12. The minimum absolute atomic E-state index is 0.0418. The number of anilines is 2. The molecule has 1 amide bonds. The maximum atomic E-state index is 13.5. The predicted molar refractivity (Wildman–Crippen MR) is 132 cm³/mol. The van der Waals surface area contributed by atoms with Crippen molar-refractivity contribution >= 4 is 37.1 Å². The molecule has 11 heteroatoms. The molecule has 2 aliphatic rings. The van der Waals surface area contributed by atoms with Crippen LogP contribution in [0.5, 0.6) is 0 Å². The molecule has 0 unspecified atom stereocenters. The number of amides is 1. The van der Waals surface area contributed by atoms with Crippen molar-refractivity contribution in [2.75, 3.05) is 22.8 Å². The number of sulfone groups is 1. The molecule has 1 aromatic rings. The third kappa shape index (κ3) is 4.81. The van der Waals surface area contributed by atoms with E-state index in [0.29, 0.717) is 12.5 Å². The fraction of sp³-hybridized carbons (Fsp3) is 0.522. The molecule has 0 fully saturated rings. The van der Waals surface area contributed by atoms with Crippen molar-refractivity contribution in [1.29, 1.82) is 0 Å². The lowest BCUT2D eigenvalue weighted by molar-refractivity contribution is -0.128. The van der Waals surface area contributed by atoms with Crippen LogP contribution in [0.2, 0.25) is 0 Å². The van der Waals surface area contributed by atoms with Crippen molar-refractivity contribution in [2.24, 2.45) is 11.3 Å². The smallest absolute Gasteiger partial charge is 0.260 e. The van der Waals surface area contributed by atoms with Gasteiger partial charge in [0.25, 0.3) is 5.91 Å². The summed E-state index contributed by atoms with van der Waals surface area (Å²) in [6, 6.07) is 3.50. The Bertz CT molecular complexity index is 1300. The van der Waals surface area contributed by atoms with Crippen molar-refractivity contribution in [3.05, 3.63) is 40.1 Å². The zero-order valence-electron chi connectivity index (χ0n) is 20.6. The zero-order valence-corrected chi connectivity index (χ0v) is 22.2. The number of nitrogens with one attached hydrogen (secondary N) is 2. The Hall–Kier alpha value is -2.53. The van der Waals surface area contributed by atoms with Crippen molar-refractivity contribution in [3.63, 3.8) is 0 Å². The molecule has 0 bridgehead atoms. The SMILES string of the molecule is CC1=C(C2=C(O)[C@H](C(C)(C)C)N(CCC(C)C)C2=O)Nc2ccc(NS(C)(=O)=O)cc2S1(=O)=O. The molecule has 3 N–H and O–H groups in total. The average Bonchev–Trinajstić information content (AvgIpc) is 2.92. The van der Waals surface area contributed by atoms with Crippen LogP contribution < -0.4 is 10.0 Å². The van der Waals surface area contributed by atoms with Gasteiger partial charge in [-0.3, -0.25) is 9.52 Å². The lowest BCUT2D eigenvalue weighted by atomic mass is 9.85. The number of hydrogen-bond acceptors (Lipinski definition) is 7. The number of fused-ring (bicyclic) bond motifs is 1. The van der Waals surface area contributed by atoms with Gasteiger partial charge in [-0.2, -0.15) is 0 Å². The Morgan fingerprint density at radius 1 is 1.24 bits per heavy atom. The van der Waals surface area contributed by atoms with E-state index in [4.69, 9.17) is 0 Å². The van der Waals surface area contributed by atoms with Crippen LogP contribution >= 0.6 is 0 Å². The summed E-state index contributed by atoms with van der Waals surface area (Å²) in [6.45, 7) is 11.7. The van der Waals surface area contributed by atoms with Crippen LogP contribution in [-0.2, 0) is 24.7 Å². The number of aliphatic hydroxyl groups excluding tert-OH is 1. The van der Waals surface area contributed by atoms with Crippen LogP contribution in [0.4, 0.5) is 11.4 Å². The van der Waals surface area contributed by atoms with E-state index >= 15 is 0 Å². The standard InChI is InChI=1S/C23H33N3O6S2/c1-13(2)10-11-26-21(23(4,5)6)20(27)18(22(26)28)19-14(3)34(31,32)17-12-15(25-33(7,29)30)8-9-16(17)24-19/h8-9,12-13,21,24-25,27H,10-11H2,1-7H3/t21-/m1/s1. The quantitative estimate of drug-likeness (QED) is 0.531. The highest BCUT2D eigenvalue weighted by molar-refractivity contribution is 7.95. The molecule has 1 aromatic carbocycles. The highest BCUT2D eigenvalue weighted by Crippen LogP contribution is 2.44. The second-order valence-corrected chi connectivity index (χ2v) is 14.2. The van der Waals surface area contributed by atoms with Crippen LogP contribution in [0.1, 0.15) is 48.0 Å². The van der Waals surface area contributed by atoms with Crippen LogP contribution in [-0.4, -0.2) is 51.6 Å². The van der Waals surface area contributed by atoms with Gasteiger partial charge in [-0.1, -0.05) is 34.6 Å². The second-order valence-electron chi connectivity index (χ2n) is 10.4. The van der Waals surface area contributed by atoms with Gasteiger partial charge in [0.1, 0.15) is 11.3 Å². The molecule has 9 nitrogen and oxygen atoms in total. The summed E-state index contributed by atoms with van der Waals surface area (Å²) < 4.78 is 52.2. The van der Waals surface area contributed by atoms with Gasteiger partial charge in [-0.05, 0) is 42.9 Å². The number of carbonyl (C=O) groups is 1. The van der Waals surface area contributed by atoms with E-state index in [1.165, 1.54) is 25.1 Å². The minimum atomic E-state index is -4.06. The van der Waals surface area contributed by atoms with Crippen LogP contribution in [0.25, 0.3) is 0 Å². The molecule has 188 valence electrons. The highest BCUT2D eigenvalue weighted by atomic mass is 32.2. The molecule has 0 spiro atoms. The van der Waals surface area contributed by atoms with E-state index in [1.54, 1.807) is 4.90 Å². The number of nitrogens with zero attached hydrogens (tertiary/aromatic N) is 1. The third-order valence-electron chi connectivity index (χ3n) is 5.91. The monoisotopic (exact) mass is 511 g/mol. The van der Waals surface area contributed by atoms with Gasteiger partial charge < -0.3 is 15.3 Å². The summed E-state index contributed by atoms with van der Waals surface area (Å²) in [5.74, 6) is -0.235. The first-order valence-corrected chi connectivity index (χ1v) is 14.4. The maximum Gasteiger partial charge on any atom is 0.260 e. The molecule has 1 atom stereocenters. The summed E-state index contributed by atoms with van der Waals surface area (Å²) in [6.07, 6.45) is 1.71. The Labute approximate surface area is 201 Å². The van der Waals surface area contributed by atoms with E-state index in [-0.39, 0.29) is 38.2 Å². The lowest BCUT2D eigenvalue weighted by Crippen LogP contribution is -2.44. The average molecular weight is 512 g/mol. The third-order valence-corrected chi connectivity index (χ3v) is 8.44. The minimum Gasteiger partial charge on any atom is -0.509 e. The normalized spacial score (nSPS) is 20.6. The summed E-state index contributed by atoms with van der Waals surface area (Å²) in [5, 5.41) is 14.2. The van der Waals surface area contributed by atoms with Gasteiger partial charge in [0.15, 0.2) is 0 Å². The molecule has 34 heavy (non-hydrogen) atoms. The number of sulfonamides is 1. The summed E-state index contributed by atoms with van der Waals surface area (Å²) in [5.41, 5.74) is -0.186. The molecular formula is C23H33N3O6S2. The predicted octanol–water partition coefficient (Wildman–Crippen LogP) is 3.60. The van der Waals surface area contributed by atoms with Gasteiger partial charge in [-0.15, -0.1) is 0 Å². The molecule has 3 rings (SSSR count). The first-order valence-electron chi connectivity index (χ1n) is 11.0. The topological polar surface area (TPSA) is 133 Å². The van der Waals surface area contributed by atoms with Crippen LogP contribution in [0.3, 0.4) is 0 Å². The number of aliphatic hydroxyl groups is 1. The summed E-state index contributed by atoms with van der Waals surface area (Å²) in [4.78, 5) is 14.9. The second kappa shape index (κ2) is 8.60. The molecule has 0 saturated carbocycles. The Morgan fingerprint density at radius 2 is 1.85 bits per heavy atom. The molecule has 0 radical (unpaired) electrons. The highest BCUT2D eigenvalue weighted by Gasteiger charge is 2.48. The Kier molecular flexibility index (Phi) is 6.60. The van der Waals surface area contributed by atoms with E-state index in [9.17, 15) is 26.7 Å². The van der Waals surface area contributed by atoms with Crippen molar-refractivity contribution in [1.82, 2.24) is 4.90 Å². The maximum absolute atomic E-state index is 13.5. The van der Waals surface area contributed by atoms with Crippen LogP contribution in [0, 0.1) is 11.3 Å². The largest absolute Gasteiger partial charge is 0.509 e. The van der Waals surface area contributed by atoms with E-state index in [0.717, 1.165) is 12.7 Å². The fourth-order valence-corrected chi connectivity index (χ4v) is 6.28. The van der Waals surface area contributed by atoms with E-state index < -0.39 is 37.2 Å². The van der Waals surface area contributed by atoms with Gasteiger partial charge in [-0.25, -0.2) is 16.8 Å². The molecule has 0 aliphatic carbocycles. The fourth-order valence-electron chi connectivity index (χ4n) is 4.28. The van der Waals surface area contributed by atoms with Crippen molar-refractivity contribution < 1.29 is 26.7 Å².